The van der Waals surface area contributed by atoms with Gasteiger partial charge in [-0.2, -0.15) is 0 Å². The minimum absolute atomic E-state index is 0.0638. The summed E-state index contributed by atoms with van der Waals surface area (Å²) >= 11 is 5.95. The number of ether oxygens (including phenoxy) is 1. The number of nitrogens with zero attached hydrogens (tertiary/aromatic N) is 1. The Hall–Kier alpha value is -2.95. The highest BCUT2D eigenvalue weighted by Crippen LogP contribution is 2.25. The fourth-order valence-corrected chi connectivity index (χ4v) is 3.74. The van der Waals surface area contributed by atoms with Gasteiger partial charge in [0.2, 0.25) is 10.0 Å². The number of hydrogen-bond acceptors (Lipinski definition) is 6. The summed E-state index contributed by atoms with van der Waals surface area (Å²) in [5.41, 5.74) is 0.730. The molecule has 0 saturated heterocycles. The van der Waals surface area contributed by atoms with E-state index >= 15 is 0 Å². The van der Waals surface area contributed by atoms with Crippen molar-refractivity contribution < 1.29 is 27.5 Å². The Labute approximate surface area is 185 Å². The predicted octanol–water partition coefficient (Wildman–Crippen LogP) is 2.16. The van der Waals surface area contributed by atoms with Crippen LogP contribution < -0.4 is 10.6 Å². The molecular formula is C20H22ClN3O6S. The van der Waals surface area contributed by atoms with Crippen molar-refractivity contribution in [2.75, 3.05) is 14.1 Å². The number of imide groups is 1. The Bertz CT molecular complexity index is 1070. The van der Waals surface area contributed by atoms with E-state index in [2.05, 4.69) is 10.6 Å². The molecule has 1 unspecified atom stereocenters. The van der Waals surface area contributed by atoms with Gasteiger partial charge in [0, 0.05) is 20.6 Å². The van der Waals surface area contributed by atoms with Crippen molar-refractivity contribution >= 4 is 39.5 Å². The molecule has 0 saturated carbocycles. The highest BCUT2D eigenvalue weighted by molar-refractivity contribution is 7.89. The molecule has 0 spiro atoms. The van der Waals surface area contributed by atoms with Crippen LogP contribution in [0.5, 0.6) is 0 Å². The van der Waals surface area contributed by atoms with Gasteiger partial charge in [-0.1, -0.05) is 41.9 Å². The molecule has 0 aromatic heterocycles. The summed E-state index contributed by atoms with van der Waals surface area (Å²) in [4.78, 5) is 36.1. The average molecular weight is 468 g/mol. The lowest BCUT2D eigenvalue weighted by Crippen LogP contribution is -2.44. The van der Waals surface area contributed by atoms with E-state index in [9.17, 15) is 22.8 Å². The third-order valence-electron chi connectivity index (χ3n) is 4.11. The van der Waals surface area contributed by atoms with Gasteiger partial charge in [-0.05, 0) is 30.7 Å². The number of amides is 3. The molecule has 2 aromatic rings. The standard InChI is InChI=1S/C20H22ClN3O6S/c1-13(18(25)23-20(27)22-12-14-7-5-4-6-8-14)30-19(26)15-9-10-16(21)17(11-15)31(28,29)24(2)3/h4-11,13H,12H2,1-3H3,(H2,22,23,25,27). The maximum atomic E-state index is 12.4. The van der Waals surface area contributed by atoms with Crippen LogP contribution in [-0.2, 0) is 26.1 Å². The second-order valence-corrected chi connectivity index (χ2v) is 9.17. The molecule has 9 nitrogen and oxygen atoms in total. The van der Waals surface area contributed by atoms with Crippen molar-refractivity contribution in [2.24, 2.45) is 0 Å². The van der Waals surface area contributed by atoms with E-state index < -0.39 is 34.0 Å². The van der Waals surface area contributed by atoms with E-state index in [1.807, 2.05) is 30.3 Å². The van der Waals surface area contributed by atoms with Gasteiger partial charge in [0.15, 0.2) is 6.10 Å². The second kappa shape index (κ2) is 10.4. The van der Waals surface area contributed by atoms with E-state index in [1.165, 1.54) is 33.2 Å². The molecule has 0 aliphatic heterocycles. The first kappa shape index (κ1) is 24.3. The van der Waals surface area contributed by atoms with Crippen molar-refractivity contribution in [2.45, 2.75) is 24.5 Å². The van der Waals surface area contributed by atoms with Crippen LogP contribution in [0.2, 0.25) is 5.02 Å². The topological polar surface area (TPSA) is 122 Å². The van der Waals surface area contributed by atoms with E-state index in [-0.39, 0.29) is 22.0 Å². The minimum Gasteiger partial charge on any atom is -0.449 e. The number of urea groups is 1. The van der Waals surface area contributed by atoms with Gasteiger partial charge in [-0.15, -0.1) is 0 Å². The predicted molar refractivity (Wildman–Crippen MR) is 114 cm³/mol. The Kier molecular flexibility index (Phi) is 8.14. The number of esters is 1. The van der Waals surface area contributed by atoms with Crippen molar-refractivity contribution in [3.05, 3.63) is 64.7 Å². The molecule has 0 bridgehead atoms. The van der Waals surface area contributed by atoms with Gasteiger partial charge in [-0.25, -0.2) is 22.3 Å². The number of benzene rings is 2. The first-order chi connectivity index (χ1) is 14.5. The number of sulfonamides is 1. The minimum atomic E-state index is -3.89. The number of nitrogens with one attached hydrogen (secondary N) is 2. The van der Waals surface area contributed by atoms with Crippen LogP contribution in [0.4, 0.5) is 4.79 Å². The molecule has 2 N–H and O–H groups in total. The number of hydrogen-bond donors (Lipinski definition) is 2. The lowest BCUT2D eigenvalue weighted by atomic mass is 10.2. The SMILES string of the molecule is CC(OC(=O)c1ccc(Cl)c(S(=O)(=O)N(C)C)c1)C(=O)NC(=O)NCc1ccccc1. The van der Waals surface area contributed by atoms with Gasteiger partial charge < -0.3 is 10.1 Å². The summed E-state index contributed by atoms with van der Waals surface area (Å²) in [5, 5.41) is 4.53. The summed E-state index contributed by atoms with van der Waals surface area (Å²) in [5.74, 6) is -1.78. The van der Waals surface area contributed by atoms with Crippen molar-refractivity contribution in [1.29, 1.82) is 0 Å². The zero-order valence-corrected chi connectivity index (χ0v) is 18.7. The van der Waals surface area contributed by atoms with E-state index in [0.29, 0.717) is 0 Å². The Morgan fingerprint density at radius 3 is 2.35 bits per heavy atom. The third-order valence-corrected chi connectivity index (χ3v) is 6.41. The van der Waals surface area contributed by atoms with Gasteiger partial charge in [0.05, 0.1) is 10.6 Å². The Balaban J connectivity index is 1.98. The normalized spacial score (nSPS) is 12.2. The maximum absolute atomic E-state index is 12.4. The third kappa shape index (κ3) is 6.51. The maximum Gasteiger partial charge on any atom is 0.338 e. The van der Waals surface area contributed by atoms with Crippen LogP contribution in [0.25, 0.3) is 0 Å². The monoisotopic (exact) mass is 467 g/mol. The molecule has 2 aromatic carbocycles. The van der Waals surface area contributed by atoms with Crippen LogP contribution >= 0.6 is 11.6 Å². The zero-order chi connectivity index (χ0) is 23.2. The number of carbonyl (C=O) groups is 3. The van der Waals surface area contributed by atoms with Crippen LogP contribution in [0, 0.1) is 0 Å². The summed E-state index contributed by atoms with van der Waals surface area (Å²) < 4.78 is 30.6. The highest BCUT2D eigenvalue weighted by atomic mass is 35.5. The lowest BCUT2D eigenvalue weighted by molar-refractivity contribution is -0.127. The molecule has 0 radical (unpaired) electrons. The number of halogens is 1. The van der Waals surface area contributed by atoms with Gasteiger partial charge in [0.25, 0.3) is 5.91 Å². The van der Waals surface area contributed by atoms with Crippen molar-refractivity contribution in [3.8, 4) is 0 Å². The number of carbonyl (C=O) groups excluding carboxylic acids is 3. The quantitative estimate of drug-likeness (QED) is 0.602. The fraction of sp³-hybridized carbons (Fsp3) is 0.250. The Morgan fingerprint density at radius 2 is 1.74 bits per heavy atom. The van der Waals surface area contributed by atoms with E-state index in [1.54, 1.807) is 0 Å². The Morgan fingerprint density at radius 1 is 1.10 bits per heavy atom. The van der Waals surface area contributed by atoms with Crippen molar-refractivity contribution in [1.82, 2.24) is 14.9 Å². The molecular weight excluding hydrogens is 446 g/mol. The fourth-order valence-electron chi connectivity index (χ4n) is 2.34. The van der Waals surface area contributed by atoms with Gasteiger partial charge in [-0.3, -0.25) is 10.1 Å². The van der Waals surface area contributed by atoms with Crippen LogP contribution in [0.15, 0.2) is 53.4 Å². The van der Waals surface area contributed by atoms with E-state index in [4.69, 9.17) is 16.3 Å². The number of rotatable bonds is 7. The second-order valence-electron chi connectivity index (χ2n) is 6.64. The van der Waals surface area contributed by atoms with Crippen LogP contribution in [-0.4, -0.2) is 50.8 Å². The average Bonchev–Trinajstić information content (AvgIpc) is 2.72. The highest BCUT2D eigenvalue weighted by Gasteiger charge is 2.25. The molecule has 0 heterocycles. The molecule has 31 heavy (non-hydrogen) atoms. The molecule has 11 heteroatoms. The first-order valence-corrected chi connectivity index (χ1v) is 10.9. The molecule has 0 aliphatic rings. The van der Waals surface area contributed by atoms with Crippen LogP contribution in [0.1, 0.15) is 22.8 Å². The smallest absolute Gasteiger partial charge is 0.338 e. The summed E-state index contributed by atoms with van der Waals surface area (Å²) in [6.45, 7) is 1.49. The van der Waals surface area contributed by atoms with Crippen LogP contribution in [0.3, 0.4) is 0 Å². The largest absolute Gasteiger partial charge is 0.449 e. The van der Waals surface area contributed by atoms with Gasteiger partial charge in [0.1, 0.15) is 4.90 Å². The molecule has 0 fully saturated rings. The van der Waals surface area contributed by atoms with E-state index in [0.717, 1.165) is 15.9 Å². The molecule has 166 valence electrons. The zero-order valence-electron chi connectivity index (χ0n) is 17.1. The van der Waals surface area contributed by atoms with Crippen molar-refractivity contribution in [3.63, 3.8) is 0 Å². The summed E-state index contributed by atoms with van der Waals surface area (Å²) in [7, 11) is -1.24. The molecule has 1 atom stereocenters. The summed E-state index contributed by atoms with van der Waals surface area (Å²) in [6, 6.07) is 11.9. The lowest BCUT2D eigenvalue weighted by Gasteiger charge is -2.15. The molecule has 2 rings (SSSR count). The first-order valence-electron chi connectivity index (χ1n) is 9.08. The summed E-state index contributed by atoms with van der Waals surface area (Å²) in [6.07, 6.45) is -1.31. The molecule has 3 amide bonds. The molecule has 0 aliphatic carbocycles. The van der Waals surface area contributed by atoms with Gasteiger partial charge >= 0.3 is 12.0 Å².